The van der Waals surface area contributed by atoms with E-state index in [2.05, 4.69) is 10.2 Å². The number of hydrogen-bond donors (Lipinski definition) is 1. The summed E-state index contributed by atoms with van der Waals surface area (Å²) in [6.07, 6.45) is 0.731. The number of para-hydroxylation sites is 2. The van der Waals surface area contributed by atoms with Gasteiger partial charge in [0.25, 0.3) is 0 Å². The van der Waals surface area contributed by atoms with E-state index < -0.39 is 15.6 Å². The summed E-state index contributed by atoms with van der Waals surface area (Å²) in [4.78, 5) is 1.71. The van der Waals surface area contributed by atoms with Crippen LogP contribution in [0.25, 0.3) is 0 Å². The molecule has 0 aliphatic carbocycles. The molecule has 0 unspecified atom stereocenters. The van der Waals surface area contributed by atoms with Gasteiger partial charge >= 0.3 is 5.76 Å². The predicted molar refractivity (Wildman–Crippen MR) is 92.5 cm³/mol. The van der Waals surface area contributed by atoms with Crippen LogP contribution in [-0.4, -0.2) is 34.3 Å². The summed E-state index contributed by atoms with van der Waals surface area (Å²) < 4.78 is 48.8. The first-order valence-electron chi connectivity index (χ1n) is 7.54. The standard InChI is InChI=1S/C17H20F2N2O2S/c1-21(14-8-3-2-4-9-14)13-7-12-20-15-10-5-6-11-16(15)24(22,23)17(18)19/h2-6,8-11,17,20H,7,12-13H2,1H3. The molecule has 0 saturated heterocycles. The maximum Gasteiger partial charge on any atom is 0.341 e. The Balaban J connectivity index is 1.94. The fraction of sp³-hybridized carbons (Fsp3) is 0.294. The van der Waals surface area contributed by atoms with Gasteiger partial charge in [0.05, 0.1) is 10.6 Å². The smallest absolute Gasteiger partial charge is 0.341 e. The van der Waals surface area contributed by atoms with Crippen molar-refractivity contribution in [3.63, 3.8) is 0 Å². The van der Waals surface area contributed by atoms with Crippen molar-refractivity contribution >= 4 is 21.2 Å². The van der Waals surface area contributed by atoms with E-state index >= 15 is 0 Å². The molecule has 0 radical (unpaired) electrons. The van der Waals surface area contributed by atoms with Crippen LogP contribution in [0.15, 0.2) is 59.5 Å². The van der Waals surface area contributed by atoms with E-state index in [0.29, 0.717) is 6.54 Å². The lowest BCUT2D eigenvalue weighted by Gasteiger charge is -2.19. The minimum atomic E-state index is -4.61. The fourth-order valence-corrected chi connectivity index (χ4v) is 3.21. The second-order valence-corrected chi connectivity index (χ2v) is 7.23. The number of nitrogens with zero attached hydrogens (tertiary/aromatic N) is 1. The Hall–Kier alpha value is -2.15. The normalized spacial score (nSPS) is 11.5. The Morgan fingerprint density at radius 3 is 2.33 bits per heavy atom. The van der Waals surface area contributed by atoms with Crippen LogP contribution in [-0.2, 0) is 9.84 Å². The van der Waals surface area contributed by atoms with Crippen LogP contribution in [0.5, 0.6) is 0 Å². The van der Waals surface area contributed by atoms with Gasteiger partial charge < -0.3 is 10.2 Å². The van der Waals surface area contributed by atoms with E-state index in [1.54, 1.807) is 6.07 Å². The summed E-state index contributed by atoms with van der Waals surface area (Å²) in [7, 11) is -2.65. The number of anilines is 2. The molecule has 0 bridgehead atoms. The quantitative estimate of drug-likeness (QED) is 0.736. The molecular formula is C17H20F2N2O2S. The summed E-state index contributed by atoms with van der Waals surface area (Å²) in [6, 6.07) is 15.6. The van der Waals surface area contributed by atoms with Crippen molar-refractivity contribution in [1.29, 1.82) is 0 Å². The Morgan fingerprint density at radius 1 is 1.04 bits per heavy atom. The van der Waals surface area contributed by atoms with Crippen molar-refractivity contribution < 1.29 is 17.2 Å². The van der Waals surface area contributed by atoms with Gasteiger partial charge in [0.1, 0.15) is 0 Å². The van der Waals surface area contributed by atoms with Gasteiger partial charge in [-0.25, -0.2) is 8.42 Å². The molecule has 4 nitrogen and oxygen atoms in total. The van der Waals surface area contributed by atoms with Crippen molar-refractivity contribution in [3.8, 4) is 0 Å². The molecule has 24 heavy (non-hydrogen) atoms. The molecule has 0 spiro atoms. The van der Waals surface area contributed by atoms with Gasteiger partial charge in [-0.05, 0) is 30.7 Å². The number of rotatable bonds is 8. The molecule has 2 aromatic carbocycles. The predicted octanol–water partition coefficient (Wildman–Crippen LogP) is 3.62. The van der Waals surface area contributed by atoms with Gasteiger partial charge in [0, 0.05) is 25.8 Å². The molecule has 0 aromatic heterocycles. The monoisotopic (exact) mass is 354 g/mol. The highest BCUT2D eigenvalue weighted by molar-refractivity contribution is 7.91. The number of hydrogen-bond acceptors (Lipinski definition) is 4. The zero-order valence-electron chi connectivity index (χ0n) is 13.3. The number of benzene rings is 2. The Bertz CT molecular complexity index is 752. The van der Waals surface area contributed by atoms with E-state index in [1.165, 1.54) is 18.2 Å². The van der Waals surface area contributed by atoms with Gasteiger partial charge in [-0.2, -0.15) is 8.78 Å². The molecule has 0 amide bonds. The topological polar surface area (TPSA) is 49.4 Å². The maximum atomic E-state index is 12.7. The highest BCUT2D eigenvalue weighted by Crippen LogP contribution is 2.26. The number of alkyl halides is 2. The van der Waals surface area contributed by atoms with Crippen LogP contribution in [0, 0.1) is 0 Å². The number of sulfone groups is 1. The molecule has 0 aliphatic heterocycles. The Morgan fingerprint density at radius 2 is 1.67 bits per heavy atom. The van der Waals surface area contributed by atoms with Crippen molar-refractivity contribution in [3.05, 3.63) is 54.6 Å². The summed E-state index contributed by atoms with van der Waals surface area (Å²) in [5, 5.41) is 2.94. The molecular weight excluding hydrogens is 334 g/mol. The molecule has 0 atom stereocenters. The molecule has 7 heteroatoms. The molecule has 0 fully saturated rings. The van der Waals surface area contributed by atoms with Crippen LogP contribution in [0.4, 0.5) is 20.2 Å². The highest BCUT2D eigenvalue weighted by Gasteiger charge is 2.28. The van der Waals surface area contributed by atoms with Gasteiger partial charge in [0.2, 0.25) is 9.84 Å². The Kier molecular flexibility index (Phi) is 6.14. The number of halogens is 2. The maximum absolute atomic E-state index is 12.7. The zero-order valence-corrected chi connectivity index (χ0v) is 14.1. The second kappa shape index (κ2) is 8.10. The van der Waals surface area contributed by atoms with Crippen LogP contribution in [0.2, 0.25) is 0 Å². The van der Waals surface area contributed by atoms with E-state index in [-0.39, 0.29) is 10.6 Å². The third-order valence-electron chi connectivity index (χ3n) is 3.61. The lowest BCUT2D eigenvalue weighted by Crippen LogP contribution is -2.21. The summed E-state index contributed by atoms with van der Waals surface area (Å²) >= 11 is 0. The van der Waals surface area contributed by atoms with Crippen molar-refractivity contribution in [2.75, 3.05) is 30.4 Å². The fourth-order valence-electron chi connectivity index (χ4n) is 2.31. The largest absolute Gasteiger partial charge is 0.384 e. The van der Waals surface area contributed by atoms with Gasteiger partial charge in [-0.3, -0.25) is 0 Å². The number of nitrogens with one attached hydrogen (secondary N) is 1. The molecule has 0 heterocycles. The first kappa shape index (κ1) is 18.2. The molecule has 130 valence electrons. The van der Waals surface area contributed by atoms with Gasteiger partial charge in [0.15, 0.2) is 0 Å². The highest BCUT2D eigenvalue weighted by atomic mass is 32.2. The van der Waals surface area contributed by atoms with Crippen LogP contribution >= 0.6 is 0 Å². The van der Waals surface area contributed by atoms with Crippen molar-refractivity contribution in [1.82, 2.24) is 0 Å². The first-order valence-corrected chi connectivity index (χ1v) is 9.08. The summed E-state index contributed by atoms with van der Waals surface area (Å²) in [5.74, 6) is -3.43. The van der Waals surface area contributed by atoms with Gasteiger partial charge in [-0.1, -0.05) is 30.3 Å². The first-order chi connectivity index (χ1) is 11.4. The van der Waals surface area contributed by atoms with E-state index in [4.69, 9.17) is 0 Å². The minimum absolute atomic E-state index is 0.208. The molecule has 2 rings (SSSR count). The van der Waals surface area contributed by atoms with Crippen LogP contribution in [0.1, 0.15) is 6.42 Å². The van der Waals surface area contributed by atoms with E-state index in [1.807, 2.05) is 37.4 Å². The molecule has 1 N–H and O–H groups in total. The molecule has 0 aliphatic rings. The van der Waals surface area contributed by atoms with Crippen LogP contribution in [0.3, 0.4) is 0 Å². The molecule has 0 saturated carbocycles. The zero-order chi connectivity index (χ0) is 17.6. The van der Waals surface area contributed by atoms with E-state index in [0.717, 1.165) is 18.7 Å². The third kappa shape index (κ3) is 4.44. The van der Waals surface area contributed by atoms with Crippen molar-refractivity contribution in [2.24, 2.45) is 0 Å². The summed E-state index contributed by atoms with van der Waals surface area (Å²) in [5.41, 5.74) is 1.29. The lowest BCUT2D eigenvalue weighted by atomic mass is 10.2. The second-order valence-electron chi connectivity index (χ2n) is 5.34. The molecule has 2 aromatic rings. The van der Waals surface area contributed by atoms with Crippen molar-refractivity contribution in [2.45, 2.75) is 17.1 Å². The third-order valence-corrected chi connectivity index (χ3v) is 5.05. The SMILES string of the molecule is CN(CCCNc1ccccc1S(=O)(=O)C(F)F)c1ccccc1. The summed E-state index contributed by atoms with van der Waals surface area (Å²) in [6.45, 7) is 1.23. The minimum Gasteiger partial charge on any atom is -0.384 e. The van der Waals surface area contributed by atoms with Gasteiger partial charge in [-0.15, -0.1) is 0 Å². The average Bonchev–Trinajstić information content (AvgIpc) is 2.59. The van der Waals surface area contributed by atoms with E-state index in [9.17, 15) is 17.2 Å². The van der Waals surface area contributed by atoms with Crippen LogP contribution < -0.4 is 10.2 Å². The average molecular weight is 354 g/mol. The lowest BCUT2D eigenvalue weighted by molar-refractivity contribution is 0.235. The Labute approximate surface area is 141 Å².